The molecule has 0 saturated carbocycles. The maximum Gasteiger partial charge on any atom is 0.308 e. The van der Waals surface area contributed by atoms with Crippen LogP contribution in [0.15, 0.2) is 0 Å². The molecule has 17 heavy (non-hydrogen) atoms. The van der Waals surface area contributed by atoms with E-state index in [9.17, 15) is 9.59 Å². The SMILES string of the molecule is COCCNCC(=O)N1CCC[C@H](C(=O)O)C1. The fourth-order valence-corrected chi connectivity index (χ4v) is 1.89. The molecule has 6 nitrogen and oxygen atoms in total. The number of hydrogen-bond acceptors (Lipinski definition) is 4. The molecule has 1 fully saturated rings. The van der Waals surface area contributed by atoms with Gasteiger partial charge in [-0.1, -0.05) is 0 Å². The Balaban J connectivity index is 2.28. The van der Waals surface area contributed by atoms with Gasteiger partial charge in [-0.2, -0.15) is 0 Å². The van der Waals surface area contributed by atoms with Crippen LogP contribution in [0.3, 0.4) is 0 Å². The van der Waals surface area contributed by atoms with Gasteiger partial charge < -0.3 is 20.1 Å². The molecule has 1 aliphatic heterocycles. The van der Waals surface area contributed by atoms with Gasteiger partial charge in [0, 0.05) is 26.7 Å². The van der Waals surface area contributed by atoms with Crippen molar-refractivity contribution in [2.24, 2.45) is 5.92 Å². The molecule has 0 unspecified atom stereocenters. The summed E-state index contributed by atoms with van der Waals surface area (Å²) in [5.41, 5.74) is 0. The third-order valence-electron chi connectivity index (χ3n) is 2.88. The molecule has 0 aromatic carbocycles. The third kappa shape index (κ3) is 4.70. The van der Waals surface area contributed by atoms with Crippen molar-refractivity contribution in [3.63, 3.8) is 0 Å². The van der Waals surface area contributed by atoms with Crippen molar-refractivity contribution in [2.75, 3.05) is 39.9 Å². The van der Waals surface area contributed by atoms with Gasteiger partial charge >= 0.3 is 5.97 Å². The molecule has 0 spiro atoms. The normalized spacial score (nSPS) is 20.3. The number of carboxylic acid groups (broad SMARTS) is 1. The predicted octanol–water partition coefficient (Wildman–Crippen LogP) is -0.454. The Morgan fingerprint density at radius 1 is 1.53 bits per heavy atom. The molecule has 1 amide bonds. The number of likely N-dealkylation sites (tertiary alicyclic amines) is 1. The smallest absolute Gasteiger partial charge is 0.308 e. The van der Waals surface area contributed by atoms with Gasteiger partial charge in [0.15, 0.2) is 0 Å². The number of nitrogens with zero attached hydrogens (tertiary/aromatic N) is 1. The molecule has 98 valence electrons. The van der Waals surface area contributed by atoms with Gasteiger partial charge in [0.05, 0.1) is 19.1 Å². The standard InChI is InChI=1S/C11H20N2O4/c1-17-6-4-12-7-10(14)13-5-2-3-9(8-13)11(15)16/h9,12H,2-8H2,1H3,(H,15,16)/t9-/m0/s1. The largest absolute Gasteiger partial charge is 0.481 e. The van der Waals surface area contributed by atoms with Crippen molar-refractivity contribution in [2.45, 2.75) is 12.8 Å². The maximum atomic E-state index is 11.8. The monoisotopic (exact) mass is 244 g/mol. The van der Waals surface area contributed by atoms with Crippen LogP contribution in [0, 0.1) is 5.92 Å². The molecular weight excluding hydrogens is 224 g/mol. The molecule has 1 atom stereocenters. The van der Waals surface area contributed by atoms with Crippen molar-refractivity contribution in [1.29, 1.82) is 0 Å². The highest BCUT2D eigenvalue weighted by Gasteiger charge is 2.27. The van der Waals surface area contributed by atoms with Crippen molar-refractivity contribution in [1.82, 2.24) is 10.2 Å². The highest BCUT2D eigenvalue weighted by atomic mass is 16.5. The zero-order valence-electron chi connectivity index (χ0n) is 10.1. The quantitative estimate of drug-likeness (QED) is 0.618. The number of hydrogen-bond donors (Lipinski definition) is 2. The lowest BCUT2D eigenvalue weighted by atomic mass is 9.98. The molecule has 0 radical (unpaired) electrons. The minimum absolute atomic E-state index is 0.0351. The summed E-state index contributed by atoms with van der Waals surface area (Å²) in [5, 5.41) is 11.9. The first-order valence-corrected chi connectivity index (χ1v) is 5.85. The molecule has 2 N–H and O–H groups in total. The Morgan fingerprint density at radius 3 is 2.94 bits per heavy atom. The highest BCUT2D eigenvalue weighted by Crippen LogP contribution is 2.16. The van der Waals surface area contributed by atoms with Crippen LogP contribution in [0.2, 0.25) is 0 Å². The van der Waals surface area contributed by atoms with Crippen molar-refractivity contribution in [3.05, 3.63) is 0 Å². The summed E-state index contributed by atoms with van der Waals surface area (Å²) in [4.78, 5) is 24.2. The molecule has 0 aromatic heterocycles. The number of aliphatic carboxylic acids is 1. The number of carboxylic acids is 1. The van der Waals surface area contributed by atoms with Gasteiger partial charge in [-0.15, -0.1) is 0 Å². The van der Waals surface area contributed by atoms with Gasteiger partial charge in [-0.25, -0.2) is 0 Å². The minimum Gasteiger partial charge on any atom is -0.481 e. The second-order valence-corrected chi connectivity index (χ2v) is 4.19. The molecular formula is C11H20N2O4. The van der Waals surface area contributed by atoms with Crippen molar-refractivity contribution < 1.29 is 19.4 Å². The van der Waals surface area contributed by atoms with Crippen LogP contribution < -0.4 is 5.32 Å². The number of amides is 1. The van der Waals surface area contributed by atoms with Crippen LogP contribution in [0.25, 0.3) is 0 Å². The average molecular weight is 244 g/mol. The van der Waals surface area contributed by atoms with Crippen LogP contribution in [0.5, 0.6) is 0 Å². The summed E-state index contributed by atoms with van der Waals surface area (Å²) in [5.74, 6) is -1.26. The number of rotatable bonds is 6. The van der Waals surface area contributed by atoms with Gasteiger partial charge in [0.2, 0.25) is 5.91 Å². The number of carbonyl (C=O) groups is 2. The van der Waals surface area contributed by atoms with Crippen LogP contribution in [-0.4, -0.2) is 61.8 Å². The number of ether oxygens (including phenoxy) is 1. The minimum atomic E-state index is -0.810. The average Bonchev–Trinajstić information content (AvgIpc) is 2.34. The predicted molar refractivity (Wildman–Crippen MR) is 61.7 cm³/mol. The molecule has 0 bridgehead atoms. The topological polar surface area (TPSA) is 78.9 Å². The Bertz CT molecular complexity index is 270. The Kier molecular flexibility index (Phi) is 5.93. The van der Waals surface area contributed by atoms with E-state index in [1.807, 2.05) is 0 Å². The van der Waals surface area contributed by atoms with Crippen LogP contribution in [0.1, 0.15) is 12.8 Å². The van der Waals surface area contributed by atoms with E-state index in [2.05, 4.69) is 5.32 Å². The Morgan fingerprint density at radius 2 is 2.29 bits per heavy atom. The van der Waals surface area contributed by atoms with E-state index < -0.39 is 11.9 Å². The summed E-state index contributed by atoms with van der Waals surface area (Å²) < 4.78 is 4.85. The summed E-state index contributed by atoms with van der Waals surface area (Å²) >= 11 is 0. The Hall–Kier alpha value is -1.14. The van der Waals surface area contributed by atoms with Crippen LogP contribution in [0.4, 0.5) is 0 Å². The summed E-state index contributed by atoms with van der Waals surface area (Å²) in [6, 6.07) is 0. The fraction of sp³-hybridized carbons (Fsp3) is 0.818. The second kappa shape index (κ2) is 7.24. The maximum absolute atomic E-state index is 11.8. The van der Waals surface area contributed by atoms with Crippen LogP contribution >= 0.6 is 0 Å². The first kappa shape index (κ1) is 13.9. The summed E-state index contributed by atoms with van der Waals surface area (Å²) in [7, 11) is 1.60. The van der Waals surface area contributed by atoms with Gasteiger partial charge in [0.25, 0.3) is 0 Å². The van der Waals surface area contributed by atoms with E-state index in [1.165, 1.54) is 0 Å². The molecule has 1 saturated heterocycles. The summed E-state index contributed by atoms with van der Waals surface area (Å²) in [6.45, 7) is 2.42. The summed E-state index contributed by atoms with van der Waals surface area (Å²) in [6.07, 6.45) is 1.43. The number of piperidine rings is 1. The second-order valence-electron chi connectivity index (χ2n) is 4.19. The molecule has 0 aromatic rings. The molecule has 0 aliphatic carbocycles. The van der Waals surface area contributed by atoms with E-state index in [1.54, 1.807) is 12.0 Å². The van der Waals surface area contributed by atoms with Gasteiger partial charge in [-0.3, -0.25) is 9.59 Å². The number of methoxy groups -OCH3 is 1. The lowest BCUT2D eigenvalue weighted by molar-refractivity contribution is -0.145. The third-order valence-corrected chi connectivity index (χ3v) is 2.88. The Labute approximate surface area is 101 Å². The van der Waals surface area contributed by atoms with Crippen LogP contribution in [-0.2, 0) is 14.3 Å². The first-order chi connectivity index (χ1) is 8.15. The molecule has 1 rings (SSSR count). The molecule has 6 heteroatoms. The lowest BCUT2D eigenvalue weighted by Crippen LogP contribution is -2.46. The number of carbonyl (C=O) groups excluding carboxylic acids is 1. The first-order valence-electron chi connectivity index (χ1n) is 5.85. The van der Waals surface area contributed by atoms with E-state index in [0.29, 0.717) is 32.7 Å². The van der Waals surface area contributed by atoms with Crippen molar-refractivity contribution >= 4 is 11.9 Å². The molecule has 1 aliphatic rings. The van der Waals surface area contributed by atoms with Gasteiger partial charge in [-0.05, 0) is 12.8 Å². The van der Waals surface area contributed by atoms with E-state index in [0.717, 1.165) is 6.42 Å². The zero-order valence-corrected chi connectivity index (χ0v) is 10.1. The van der Waals surface area contributed by atoms with E-state index >= 15 is 0 Å². The fourth-order valence-electron chi connectivity index (χ4n) is 1.89. The lowest BCUT2D eigenvalue weighted by Gasteiger charge is -2.30. The number of nitrogens with one attached hydrogen (secondary N) is 1. The van der Waals surface area contributed by atoms with E-state index in [-0.39, 0.29) is 12.5 Å². The molecule has 1 heterocycles. The van der Waals surface area contributed by atoms with E-state index in [4.69, 9.17) is 9.84 Å². The van der Waals surface area contributed by atoms with Crippen molar-refractivity contribution in [3.8, 4) is 0 Å². The van der Waals surface area contributed by atoms with Gasteiger partial charge in [0.1, 0.15) is 0 Å². The highest BCUT2D eigenvalue weighted by molar-refractivity contribution is 5.79. The zero-order chi connectivity index (χ0) is 12.7.